The molecule has 0 unspecified atom stereocenters. The van der Waals surface area contributed by atoms with Crippen molar-refractivity contribution in [2.75, 3.05) is 0 Å². The van der Waals surface area contributed by atoms with Gasteiger partial charge >= 0.3 is 0 Å². The summed E-state index contributed by atoms with van der Waals surface area (Å²) in [6.45, 7) is 2.17. The Hall–Kier alpha value is -0.770. The molecule has 0 atom stereocenters. The van der Waals surface area contributed by atoms with Crippen LogP contribution >= 0.6 is 0 Å². The average Bonchev–Trinajstić information content (AvgIpc) is 2.15. The SMILES string of the molecule is C/C(=C\CC#N)C1CCCCC1. The molecule has 0 bridgehead atoms. The van der Waals surface area contributed by atoms with Crippen LogP contribution in [0, 0.1) is 17.2 Å². The van der Waals surface area contributed by atoms with Gasteiger partial charge in [0.2, 0.25) is 0 Å². The molecule has 1 rings (SSSR count). The van der Waals surface area contributed by atoms with Crippen LogP contribution in [-0.4, -0.2) is 0 Å². The van der Waals surface area contributed by atoms with Crippen molar-refractivity contribution in [1.82, 2.24) is 0 Å². The van der Waals surface area contributed by atoms with Gasteiger partial charge < -0.3 is 0 Å². The predicted octanol–water partition coefficient (Wildman–Crippen LogP) is 3.43. The van der Waals surface area contributed by atoms with E-state index < -0.39 is 0 Å². The highest BCUT2D eigenvalue weighted by atomic mass is 14.2. The molecule has 1 aliphatic rings. The molecule has 0 heterocycles. The number of nitriles is 1. The van der Waals surface area contributed by atoms with Crippen LogP contribution in [0.2, 0.25) is 0 Å². The van der Waals surface area contributed by atoms with E-state index in [9.17, 15) is 0 Å². The van der Waals surface area contributed by atoms with Crippen molar-refractivity contribution in [1.29, 1.82) is 5.26 Å². The molecule has 1 nitrogen and oxygen atoms in total. The van der Waals surface area contributed by atoms with Crippen molar-refractivity contribution in [2.45, 2.75) is 45.4 Å². The van der Waals surface area contributed by atoms with E-state index >= 15 is 0 Å². The summed E-state index contributed by atoms with van der Waals surface area (Å²) in [5.74, 6) is 0.784. The highest BCUT2D eigenvalue weighted by molar-refractivity contribution is 5.06. The van der Waals surface area contributed by atoms with Crippen LogP contribution in [0.15, 0.2) is 11.6 Å². The maximum Gasteiger partial charge on any atom is 0.0663 e. The number of hydrogen-bond acceptors (Lipinski definition) is 1. The average molecular weight is 163 g/mol. The fraction of sp³-hybridized carbons (Fsp3) is 0.727. The van der Waals surface area contributed by atoms with Gasteiger partial charge in [0.15, 0.2) is 0 Å². The molecule has 1 aliphatic carbocycles. The number of allylic oxidation sites excluding steroid dienone is 2. The monoisotopic (exact) mass is 163 g/mol. The quantitative estimate of drug-likeness (QED) is 0.572. The molecule has 1 saturated carbocycles. The summed E-state index contributed by atoms with van der Waals surface area (Å²) in [5.41, 5.74) is 1.44. The van der Waals surface area contributed by atoms with Crippen LogP contribution < -0.4 is 0 Å². The lowest BCUT2D eigenvalue weighted by atomic mass is 9.84. The van der Waals surface area contributed by atoms with Crippen LogP contribution in [0.25, 0.3) is 0 Å². The molecule has 0 radical (unpaired) electrons. The van der Waals surface area contributed by atoms with Crippen molar-refractivity contribution in [3.05, 3.63) is 11.6 Å². The zero-order valence-corrected chi connectivity index (χ0v) is 7.84. The summed E-state index contributed by atoms with van der Waals surface area (Å²) in [5, 5.41) is 8.42. The summed E-state index contributed by atoms with van der Waals surface area (Å²) in [4.78, 5) is 0. The summed E-state index contributed by atoms with van der Waals surface area (Å²) < 4.78 is 0. The minimum atomic E-state index is 0.586. The predicted molar refractivity (Wildman–Crippen MR) is 50.6 cm³/mol. The number of rotatable bonds is 2. The third-order valence-corrected chi connectivity index (χ3v) is 2.76. The summed E-state index contributed by atoms with van der Waals surface area (Å²) in [6, 6.07) is 2.16. The smallest absolute Gasteiger partial charge is 0.0663 e. The lowest BCUT2D eigenvalue weighted by Gasteiger charge is -2.22. The number of hydrogen-bond donors (Lipinski definition) is 0. The zero-order valence-electron chi connectivity index (χ0n) is 7.84. The largest absolute Gasteiger partial charge is 0.198 e. The second kappa shape index (κ2) is 4.98. The molecule has 0 amide bonds. The van der Waals surface area contributed by atoms with Gasteiger partial charge in [0.1, 0.15) is 0 Å². The standard InChI is InChI=1S/C11H17N/c1-10(6-5-9-12)11-7-3-2-4-8-11/h6,11H,2-5,7-8H2,1H3/b10-6+. The number of nitrogens with zero attached hydrogens (tertiary/aromatic N) is 1. The molecule has 0 spiro atoms. The van der Waals surface area contributed by atoms with Gasteiger partial charge in [0.05, 0.1) is 12.5 Å². The van der Waals surface area contributed by atoms with Gasteiger partial charge in [-0.05, 0) is 25.7 Å². The summed E-state index contributed by atoms with van der Waals surface area (Å²) in [7, 11) is 0. The van der Waals surface area contributed by atoms with Crippen LogP contribution in [0.4, 0.5) is 0 Å². The Bertz CT molecular complexity index is 192. The van der Waals surface area contributed by atoms with E-state index in [1.54, 1.807) is 0 Å². The zero-order chi connectivity index (χ0) is 8.81. The van der Waals surface area contributed by atoms with Crippen molar-refractivity contribution in [3.63, 3.8) is 0 Å². The Morgan fingerprint density at radius 3 is 2.67 bits per heavy atom. The van der Waals surface area contributed by atoms with Gasteiger partial charge in [-0.2, -0.15) is 5.26 Å². The van der Waals surface area contributed by atoms with Gasteiger partial charge in [0, 0.05) is 0 Å². The molecule has 1 heteroatoms. The third-order valence-electron chi connectivity index (χ3n) is 2.76. The second-order valence-electron chi connectivity index (χ2n) is 3.65. The molecular weight excluding hydrogens is 146 g/mol. The van der Waals surface area contributed by atoms with Gasteiger partial charge in [-0.25, -0.2) is 0 Å². The van der Waals surface area contributed by atoms with E-state index in [0.29, 0.717) is 6.42 Å². The highest BCUT2D eigenvalue weighted by Crippen LogP contribution is 2.29. The Morgan fingerprint density at radius 2 is 2.08 bits per heavy atom. The summed E-state index contributed by atoms with van der Waals surface area (Å²) >= 11 is 0. The van der Waals surface area contributed by atoms with Crippen LogP contribution in [0.1, 0.15) is 45.4 Å². The maximum atomic E-state index is 8.42. The molecule has 0 saturated heterocycles. The van der Waals surface area contributed by atoms with Crippen molar-refractivity contribution in [3.8, 4) is 6.07 Å². The Balaban J connectivity index is 2.39. The first kappa shape index (κ1) is 9.32. The van der Waals surface area contributed by atoms with Gasteiger partial charge in [-0.3, -0.25) is 0 Å². The molecule has 0 aromatic rings. The molecule has 1 fully saturated rings. The normalized spacial score (nSPS) is 20.5. The minimum absolute atomic E-state index is 0.586. The van der Waals surface area contributed by atoms with Crippen molar-refractivity contribution >= 4 is 0 Å². The fourth-order valence-corrected chi connectivity index (χ4v) is 1.93. The third kappa shape index (κ3) is 2.70. The van der Waals surface area contributed by atoms with Crippen LogP contribution in [0.5, 0.6) is 0 Å². The van der Waals surface area contributed by atoms with E-state index in [2.05, 4.69) is 19.1 Å². The Kier molecular flexibility index (Phi) is 3.87. The second-order valence-corrected chi connectivity index (χ2v) is 3.65. The van der Waals surface area contributed by atoms with E-state index in [-0.39, 0.29) is 0 Å². The topological polar surface area (TPSA) is 23.8 Å². The summed E-state index contributed by atoms with van der Waals surface area (Å²) in [6.07, 6.45) is 9.52. The van der Waals surface area contributed by atoms with E-state index in [0.717, 1.165) is 5.92 Å². The Morgan fingerprint density at radius 1 is 1.42 bits per heavy atom. The molecule has 0 aromatic heterocycles. The van der Waals surface area contributed by atoms with Crippen molar-refractivity contribution in [2.24, 2.45) is 5.92 Å². The van der Waals surface area contributed by atoms with Gasteiger partial charge in [-0.15, -0.1) is 0 Å². The van der Waals surface area contributed by atoms with E-state index in [1.807, 2.05) is 0 Å². The maximum absolute atomic E-state index is 8.42. The van der Waals surface area contributed by atoms with E-state index in [1.165, 1.54) is 37.7 Å². The molecule has 0 aromatic carbocycles. The lowest BCUT2D eigenvalue weighted by molar-refractivity contribution is 0.402. The van der Waals surface area contributed by atoms with Crippen LogP contribution in [0.3, 0.4) is 0 Å². The molecule has 0 N–H and O–H groups in total. The highest BCUT2D eigenvalue weighted by Gasteiger charge is 2.13. The van der Waals surface area contributed by atoms with Crippen molar-refractivity contribution < 1.29 is 0 Å². The fourth-order valence-electron chi connectivity index (χ4n) is 1.93. The molecule has 0 aliphatic heterocycles. The first-order chi connectivity index (χ1) is 5.84. The molecule has 66 valence electrons. The first-order valence-corrected chi connectivity index (χ1v) is 4.88. The van der Waals surface area contributed by atoms with Gasteiger partial charge in [0.25, 0.3) is 0 Å². The van der Waals surface area contributed by atoms with E-state index in [4.69, 9.17) is 5.26 Å². The van der Waals surface area contributed by atoms with Crippen LogP contribution in [-0.2, 0) is 0 Å². The molecular formula is C11H17N. The van der Waals surface area contributed by atoms with Gasteiger partial charge in [-0.1, -0.05) is 30.9 Å². The molecule has 12 heavy (non-hydrogen) atoms. The first-order valence-electron chi connectivity index (χ1n) is 4.88. The Labute approximate surface area is 75.1 Å². The minimum Gasteiger partial charge on any atom is -0.198 e. The lowest BCUT2D eigenvalue weighted by Crippen LogP contribution is -2.07.